The lowest BCUT2D eigenvalue weighted by molar-refractivity contribution is 0.734. The van der Waals surface area contributed by atoms with E-state index < -0.39 is 0 Å². The summed E-state index contributed by atoms with van der Waals surface area (Å²) in [4.78, 5) is 0. The predicted octanol–water partition coefficient (Wildman–Crippen LogP) is 5.20. The quantitative estimate of drug-likeness (QED) is 0.591. The molecule has 0 radical (unpaired) electrons. The minimum atomic E-state index is 0.516. The van der Waals surface area contributed by atoms with Gasteiger partial charge in [-0.15, -0.1) is 5.11 Å². The van der Waals surface area contributed by atoms with Crippen molar-refractivity contribution in [2.24, 2.45) is 10.2 Å². The Balaban J connectivity index is 2.20. The van der Waals surface area contributed by atoms with Crippen LogP contribution in [0.25, 0.3) is 0 Å². The zero-order chi connectivity index (χ0) is 13.7. The number of anilines is 1. The number of hydrogen-bond acceptors (Lipinski definition) is 3. The molecule has 0 saturated carbocycles. The van der Waals surface area contributed by atoms with Crippen LogP contribution in [-0.2, 0) is 0 Å². The topological polar surface area (TPSA) is 50.7 Å². The van der Waals surface area contributed by atoms with Gasteiger partial charge in [0, 0.05) is 0 Å². The van der Waals surface area contributed by atoms with E-state index in [1.165, 1.54) is 5.56 Å². The Morgan fingerprint density at radius 2 is 1.79 bits per heavy atom. The number of nitrogens with two attached hydrogens (primary N) is 1. The van der Waals surface area contributed by atoms with E-state index in [1.54, 1.807) is 0 Å². The molecule has 0 aliphatic heterocycles. The maximum Gasteiger partial charge on any atom is 0.109 e. The molecular formula is C16H19N3. The van der Waals surface area contributed by atoms with Crippen LogP contribution in [0.3, 0.4) is 0 Å². The van der Waals surface area contributed by atoms with E-state index in [4.69, 9.17) is 5.73 Å². The minimum Gasteiger partial charge on any atom is -0.397 e. The van der Waals surface area contributed by atoms with Gasteiger partial charge in [-0.3, -0.25) is 0 Å². The van der Waals surface area contributed by atoms with E-state index in [9.17, 15) is 0 Å². The summed E-state index contributed by atoms with van der Waals surface area (Å²) in [6.07, 6.45) is 1.10. The summed E-state index contributed by atoms with van der Waals surface area (Å²) in [6, 6.07) is 15.6. The second kappa shape index (κ2) is 6.14. The first kappa shape index (κ1) is 13.3. The minimum absolute atomic E-state index is 0.516. The van der Waals surface area contributed by atoms with Crippen molar-refractivity contribution in [3.05, 3.63) is 54.1 Å². The average Bonchev–Trinajstić information content (AvgIpc) is 2.46. The molecule has 2 aromatic rings. The molecule has 2 rings (SSSR count). The van der Waals surface area contributed by atoms with Crippen LogP contribution in [0.5, 0.6) is 0 Å². The van der Waals surface area contributed by atoms with Crippen molar-refractivity contribution >= 4 is 17.1 Å². The lowest BCUT2D eigenvalue weighted by atomic mass is 9.98. The van der Waals surface area contributed by atoms with Crippen molar-refractivity contribution in [2.45, 2.75) is 26.2 Å². The van der Waals surface area contributed by atoms with Crippen LogP contribution in [-0.4, -0.2) is 0 Å². The first-order valence-corrected chi connectivity index (χ1v) is 6.57. The van der Waals surface area contributed by atoms with Gasteiger partial charge in [0.15, 0.2) is 0 Å². The maximum absolute atomic E-state index is 6.02. The van der Waals surface area contributed by atoms with Gasteiger partial charge in [-0.25, -0.2) is 0 Å². The van der Waals surface area contributed by atoms with Gasteiger partial charge in [-0.05, 0) is 42.2 Å². The molecule has 0 heterocycles. The average molecular weight is 253 g/mol. The lowest BCUT2D eigenvalue weighted by Gasteiger charge is -2.10. The Kier molecular flexibility index (Phi) is 4.29. The summed E-state index contributed by atoms with van der Waals surface area (Å²) >= 11 is 0. The van der Waals surface area contributed by atoms with Crippen molar-refractivity contribution in [2.75, 3.05) is 5.73 Å². The van der Waals surface area contributed by atoms with Crippen LogP contribution >= 0.6 is 0 Å². The van der Waals surface area contributed by atoms with Crippen molar-refractivity contribution < 1.29 is 0 Å². The molecule has 0 saturated heterocycles. The van der Waals surface area contributed by atoms with Crippen LogP contribution in [0.4, 0.5) is 17.1 Å². The van der Waals surface area contributed by atoms with Crippen molar-refractivity contribution in [1.29, 1.82) is 0 Å². The summed E-state index contributed by atoms with van der Waals surface area (Å²) in [7, 11) is 0. The van der Waals surface area contributed by atoms with E-state index in [-0.39, 0.29) is 0 Å². The third-order valence-electron chi connectivity index (χ3n) is 3.26. The molecule has 19 heavy (non-hydrogen) atoms. The molecule has 3 nitrogen and oxygen atoms in total. The molecular weight excluding hydrogens is 234 g/mol. The standard InChI is InChI=1S/C16H19N3/c1-3-12(2)13-9-10-16(15(17)11-13)19-18-14-7-5-4-6-8-14/h4-12H,3,17H2,1-2H3. The molecule has 0 aliphatic carbocycles. The third-order valence-corrected chi connectivity index (χ3v) is 3.26. The summed E-state index contributed by atoms with van der Waals surface area (Å²) < 4.78 is 0. The van der Waals surface area contributed by atoms with Crippen LogP contribution in [0.1, 0.15) is 31.7 Å². The molecule has 2 aromatic carbocycles. The van der Waals surface area contributed by atoms with Crippen LogP contribution in [0.2, 0.25) is 0 Å². The van der Waals surface area contributed by atoms with Gasteiger partial charge < -0.3 is 5.73 Å². The molecule has 3 heteroatoms. The zero-order valence-electron chi connectivity index (χ0n) is 11.4. The molecule has 0 fully saturated rings. The van der Waals surface area contributed by atoms with E-state index in [0.29, 0.717) is 11.6 Å². The number of benzene rings is 2. The third kappa shape index (κ3) is 3.41. The van der Waals surface area contributed by atoms with Gasteiger partial charge in [0.05, 0.1) is 11.4 Å². The Hall–Kier alpha value is -2.16. The highest BCUT2D eigenvalue weighted by Gasteiger charge is 2.05. The highest BCUT2D eigenvalue weighted by atomic mass is 15.1. The zero-order valence-corrected chi connectivity index (χ0v) is 11.4. The summed E-state index contributed by atoms with van der Waals surface area (Å²) in [6.45, 7) is 4.36. The number of nitrogens with zero attached hydrogens (tertiary/aromatic N) is 2. The maximum atomic E-state index is 6.02. The summed E-state index contributed by atoms with van der Waals surface area (Å²) in [5, 5.41) is 8.38. The van der Waals surface area contributed by atoms with Gasteiger partial charge in [0.1, 0.15) is 5.69 Å². The normalized spacial score (nSPS) is 12.7. The van der Waals surface area contributed by atoms with E-state index in [1.807, 2.05) is 42.5 Å². The fraction of sp³-hybridized carbons (Fsp3) is 0.250. The highest BCUT2D eigenvalue weighted by molar-refractivity contribution is 5.63. The van der Waals surface area contributed by atoms with Crippen molar-refractivity contribution in [3.8, 4) is 0 Å². The van der Waals surface area contributed by atoms with Gasteiger partial charge in [0.25, 0.3) is 0 Å². The monoisotopic (exact) mass is 253 g/mol. The second-order valence-electron chi connectivity index (χ2n) is 4.66. The van der Waals surface area contributed by atoms with E-state index >= 15 is 0 Å². The second-order valence-corrected chi connectivity index (χ2v) is 4.66. The Morgan fingerprint density at radius 3 is 2.42 bits per heavy atom. The van der Waals surface area contributed by atoms with Crippen LogP contribution < -0.4 is 5.73 Å². The van der Waals surface area contributed by atoms with Gasteiger partial charge in [-0.1, -0.05) is 38.1 Å². The van der Waals surface area contributed by atoms with Crippen LogP contribution in [0, 0.1) is 0 Å². The highest BCUT2D eigenvalue weighted by Crippen LogP contribution is 2.29. The molecule has 0 spiro atoms. The number of hydrogen-bond donors (Lipinski definition) is 1. The van der Waals surface area contributed by atoms with Crippen molar-refractivity contribution in [1.82, 2.24) is 0 Å². The first-order valence-electron chi connectivity index (χ1n) is 6.57. The number of nitrogen functional groups attached to an aromatic ring is 1. The SMILES string of the molecule is CCC(C)c1ccc(N=Nc2ccccc2)c(N)c1. The summed E-state index contributed by atoms with van der Waals surface area (Å²) in [5.41, 5.74) is 9.50. The predicted molar refractivity (Wildman–Crippen MR) is 80.2 cm³/mol. The first-order chi connectivity index (χ1) is 9.20. The molecule has 0 aromatic heterocycles. The van der Waals surface area contributed by atoms with E-state index in [2.05, 4.69) is 30.1 Å². The Labute approximate surface area is 114 Å². The molecule has 1 unspecified atom stereocenters. The lowest BCUT2D eigenvalue weighted by Crippen LogP contribution is -1.93. The molecule has 0 aliphatic rings. The number of rotatable bonds is 4. The van der Waals surface area contributed by atoms with E-state index in [0.717, 1.165) is 17.8 Å². The van der Waals surface area contributed by atoms with Crippen molar-refractivity contribution in [3.63, 3.8) is 0 Å². The van der Waals surface area contributed by atoms with Gasteiger partial charge in [0.2, 0.25) is 0 Å². The fourth-order valence-electron chi connectivity index (χ4n) is 1.81. The largest absolute Gasteiger partial charge is 0.397 e. The summed E-state index contributed by atoms with van der Waals surface area (Å²) in [5.74, 6) is 0.516. The Bertz CT molecular complexity index is 561. The molecule has 0 bridgehead atoms. The molecule has 2 N–H and O–H groups in total. The van der Waals surface area contributed by atoms with Gasteiger partial charge in [-0.2, -0.15) is 5.11 Å². The number of azo groups is 1. The Morgan fingerprint density at radius 1 is 1.05 bits per heavy atom. The van der Waals surface area contributed by atoms with Gasteiger partial charge >= 0.3 is 0 Å². The molecule has 1 atom stereocenters. The van der Waals surface area contributed by atoms with Crippen LogP contribution in [0.15, 0.2) is 58.8 Å². The fourth-order valence-corrected chi connectivity index (χ4v) is 1.81. The molecule has 98 valence electrons. The smallest absolute Gasteiger partial charge is 0.109 e. The molecule has 0 amide bonds.